The molecule has 9 heteroatoms. The third-order valence-corrected chi connectivity index (χ3v) is 11.7. The summed E-state index contributed by atoms with van der Waals surface area (Å²) in [6, 6.07) is 0. The minimum absolute atomic E-state index is 0.0103. The molecule has 0 amide bonds. The molecule has 0 aliphatic heterocycles. The van der Waals surface area contributed by atoms with E-state index >= 15 is 0 Å². The number of carbonyl (C=O) groups excluding carboxylic acids is 1. The van der Waals surface area contributed by atoms with Gasteiger partial charge in [-0.15, -0.1) is 0 Å². The predicted octanol–water partition coefficient (Wildman–Crippen LogP) is 15.2. The maximum Gasteiger partial charge on any atom is 0.306 e. The van der Waals surface area contributed by atoms with E-state index in [1.807, 2.05) is 21.1 Å². The number of phosphoric ester groups is 1. The van der Waals surface area contributed by atoms with E-state index in [-0.39, 0.29) is 25.8 Å². The van der Waals surface area contributed by atoms with Crippen molar-refractivity contribution in [1.29, 1.82) is 0 Å². The molecule has 0 aliphatic carbocycles. The molecule has 0 aliphatic rings. The Kier molecular flexibility index (Phi) is 44.9. The van der Waals surface area contributed by atoms with E-state index < -0.39 is 13.9 Å². The third-order valence-electron chi connectivity index (χ3n) is 10.8. The van der Waals surface area contributed by atoms with Crippen LogP contribution in [0.1, 0.15) is 206 Å². The molecule has 0 radical (unpaired) electrons. The van der Waals surface area contributed by atoms with Crippen molar-refractivity contribution in [2.45, 2.75) is 213 Å². The van der Waals surface area contributed by atoms with Gasteiger partial charge in [0.15, 0.2) is 0 Å². The van der Waals surface area contributed by atoms with Gasteiger partial charge in [-0.2, -0.15) is 0 Å². The molecule has 63 heavy (non-hydrogen) atoms. The quantitative estimate of drug-likeness (QED) is 0.0197. The molecular weight excluding hydrogens is 806 g/mol. The smallest absolute Gasteiger partial charge is 0.306 e. The van der Waals surface area contributed by atoms with Gasteiger partial charge in [0.2, 0.25) is 0 Å². The zero-order valence-electron chi connectivity index (χ0n) is 41.5. The molecule has 0 heterocycles. The summed E-state index contributed by atoms with van der Waals surface area (Å²) in [5.41, 5.74) is 0. The Labute approximate surface area is 389 Å². The Balaban J connectivity index is 4.17. The van der Waals surface area contributed by atoms with Crippen molar-refractivity contribution in [3.05, 3.63) is 72.9 Å². The number of allylic oxidation sites excluding steroid dienone is 11. The van der Waals surface area contributed by atoms with Crippen LogP contribution in [0.5, 0.6) is 0 Å². The number of hydrogen-bond acceptors (Lipinski definition) is 7. The highest BCUT2D eigenvalue weighted by molar-refractivity contribution is 7.45. The topological polar surface area (TPSA) is 94.1 Å². The zero-order valence-corrected chi connectivity index (χ0v) is 42.4. The lowest BCUT2D eigenvalue weighted by molar-refractivity contribution is -0.870. The number of ether oxygens (including phenoxy) is 2. The fraction of sp³-hybridized carbons (Fsp3) is 0.759. The molecule has 0 aromatic heterocycles. The summed E-state index contributed by atoms with van der Waals surface area (Å²) >= 11 is 0. The Bertz CT molecular complexity index is 1230. The van der Waals surface area contributed by atoms with Gasteiger partial charge >= 0.3 is 5.97 Å². The molecule has 0 rings (SSSR count). The fourth-order valence-corrected chi connectivity index (χ4v) is 7.57. The van der Waals surface area contributed by atoms with Gasteiger partial charge in [0.25, 0.3) is 7.82 Å². The van der Waals surface area contributed by atoms with Crippen LogP contribution in [0.4, 0.5) is 0 Å². The second-order valence-corrected chi connectivity index (χ2v) is 19.6. The van der Waals surface area contributed by atoms with Gasteiger partial charge in [-0.05, 0) is 70.6 Å². The average Bonchev–Trinajstić information content (AvgIpc) is 3.24. The van der Waals surface area contributed by atoms with E-state index in [4.69, 9.17) is 18.5 Å². The van der Waals surface area contributed by atoms with Crippen LogP contribution in [-0.4, -0.2) is 70.7 Å². The van der Waals surface area contributed by atoms with E-state index in [0.717, 1.165) is 51.4 Å². The second-order valence-electron chi connectivity index (χ2n) is 18.1. The van der Waals surface area contributed by atoms with Crippen LogP contribution in [0.3, 0.4) is 0 Å². The Hall–Kier alpha value is -2.06. The summed E-state index contributed by atoms with van der Waals surface area (Å²) in [5.74, 6) is -0.359. The lowest BCUT2D eigenvalue weighted by Crippen LogP contribution is -2.37. The van der Waals surface area contributed by atoms with Gasteiger partial charge in [-0.3, -0.25) is 9.36 Å². The summed E-state index contributed by atoms with van der Waals surface area (Å²) in [5, 5.41) is 0. The van der Waals surface area contributed by atoms with Crippen LogP contribution in [0, 0.1) is 0 Å². The van der Waals surface area contributed by atoms with E-state index in [0.29, 0.717) is 30.5 Å². The number of rotatable bonds is 47. The first kappa shape index (κ1) is 60.9. The Morgan fingerprint density at radius 2 is 0.921 bits per heavy atom. The molecule has 0 fully saturated rings. The van der Waals surface area contributed by atoms with Crippen LogP contribution in [0.15, 0.2) is 72.9 Å². The summed E-state index contributed by atoms with van der Waals surface area (Å²) < 4.78 is 34.6. The van der Waals surface area contributed by atoms with Gasteiger partial charge < -0.3 is 27.9 Å². The molecule has 8 nitrogen and oxygen atoms in total. The van der Waals surface area contributed by atoms with Crippen molar-refractivity contribution < 1.29 is 37.3 Å². The maximum atomic E-state index is 12.7. The van der Waals surface area contributed by atoms with Crippen LogP contribution >= 0.6 is 7.82 Å². The Morgan fingerprint density at radius 1 is 0.508 bits per heavy atom. The molecule has 0 saturated carbocycles. The number of carbonyl (C=O) groups is 1. The average molecular weight is 904 g/mol. The van der Waals surface area contributed by atoms with Crippen molar-refractivity contribution in [2.75, 3.05) is 54.1 Å². The number of unbranched alkanes of at least 4 members (excludes halogenated alkanes) is 21. The number of esters is 1. The summed E-state index contributed by atoms with van der Waals surface area (Å²) in [7, 11) is 1.31. The van der Waals surface area contributed by atoms with Crippen LogP contribution in [0.2, 0.25) is 0 Å². The number of hydrogen-bond donors (Lipinski definition) is 0. The van der Waals surface area contributed by atoms with Gasteiger partial charge in [0.05, 0.1) is 41.0 Å². The van der Waals surface area contributed by atoms with Gasteiger partial charge in [-0.1, -0.05) is 202 Å². The van der Waals surface area contributed by atoms with Crippen molar-refractivity contribution in [3.8, 4) is 0 Å². The van der Waals surface area contributed by atoms with E-state index in [2.05, 4.69) is 86.8 Å². The largest absolute Gasteiger partial charge is 0.756 e. The maximum absolute atomic E-state index is 12.7. The summed E-state index contributed by atoms with van der Waals surface area (Å²) in [6.07, 6.45) is 61.1. The molecule has 0 N–H and O–H groups in total. The number of phosphoric acid groups is 1. The van der Waals surface area contributed by atoms with Crippen LogP contribution < -0.4 is 4.89 Å². The van der Waals surface area contributed by atoms with Crippen molar-refractivity contribution >= 4 is 13.8 Å². The minimum atomic E-state index is -4.55. The van der Waals surface area contributed by atoms with E-state index in [1.54, 1.807) is 0 Å². The number of quaternary nitrogens is 1. The molecule has 0 bridgehead atoms. The third kappa shape index (κ3) is 50.8. The second kappa shape index (κ2) is 46.5. The molecule has 0 spiro atoms. The first-order valence-corrected chi connectivity index (χ1v) is 27.1. The lowest BCUT2D eigenvalue weighted by Gasteiger charge is -2.28. The van der Waals surface area contributed by atoms with Gasteiger partial charge in [-0.25, -0.2) is 0 Å². The molecule has 2 atom stereocenters. The SMILES string of the molecule is CC/C=C\C/C=C\C/C=C\C/C=C\C/C=C\CCOCC(COP(=O)([O-])OCC[N+](C)(C)C)OC(=O)CCCCCCCCCCCCCCC/C=C\CCCCCCCCCC. The molecular formula is C54H98NO7P. The lowest BCUT2D eigenvalue weighted by atomic mass is 10.0. The molecule has 366 valence electrons. The molecule has 2 unspecified atom stereocenters. The predicted molar refractivity (Wildman–Crippen MR) is 268 cm³/mol. The minimum Gasteiger partial charge on any atom is -0.756 e. The highest BCUT2D eigenvalue weighted by Gasteiger charge is 2.20. The monoisotopic (exact) mass is 904 g/mol. The highest BCUT2D eigenvalue weighted by Crippen LogP contribution is 2.38. The zero-order chi connectivity index (χ0) is 46.2. The van der Waals surface area contributed by atoms with Crippen LogP contribution in [-0.2, 0) is 27.9 Å². The van der Waals surface area contributed by atoms with Gasteiger partial charge in [0.1, 0.15) is 19.3 Å². The van der Waals surface area contributed by atoms with Crippen LogP contribution in [0.25, 0.3) is 0 Å². The van der Waals surface area contributed by atoms with Crippen molar-refractivity contribution in [2.24, 2.45) is 0 Å². The summed E-state index contributed by atoms with van der Waals surface area (Å²) in [6.45, 7) is 5.08. The van der Waals surface area contributed by atoms with Crippen molar-refractivity contribution in [1.82, 2.24) is 0 Å². The highest BCUT2D eigenvalue weighted by atomic mass is 31.2. The normalized spacial score (nSPS) is 14.2. The first-order chi connectivity index (χ1) is 30.6. The number of likely N-dealkylation sites (N-methyl/N-ethyl adjacent to an activating group) is 1. The standard InChI is InChI=1S/C54H98NO7P/c1-6-8-10-12-14-16-18-20-22-24-25-26-27-28-29-30-31-32-33-35-37-39-41-43-45-47-54(56)62-53(52-61-63(57,58)60-50-48-55(3,4)5)51-59-49-46-44-42-40-38-36-34-23-21-19-17-15-13-11-9-7-2/h9,11,15,17,21,23-25,36,38,42,44,53H,6-8,10,12-14,16,18-20,22,26-35,37,39-41,43,45-52H2,1-5H3/b11-9-,17-15-,23-21-,25-24-,38-36-,44-42-. The van der Waals surface area contributed by atoms with E-state index in [9.17, 15) is 14.3 Å². The van der Waals surface area contributed by atoms with Gasteiger partial charge in [0, 0.05) is 6.42 Å². The molecule has 0 aromatic rings. The van der Waals surface area contributed by atoms with Crippen molar-refractivity contribution in [3.63, 3.8) is 0 Å². The first-order valence-electron chi connectivity index (χ1n) is 25.7. The summed E-state index contributed by atoms with van der Waals surface area (Å²) in [4.78, 5) is 25.2. The molecule has 0 saturated heterocycles. The fourth-order valence-electron chi connectivity index (χ4n) is 6.84. The Morgan fingerprint density at radius 3 is 1.38 bits per heavy atom. The number of nitrogens with zero attached hydrogens (tertiary/aromatic N) is 1. The molecule has 0 aromatic carbocycles. The van der Waals surface area contributed by atoms with E-state index in [1.165, 1.54) is 128 Å².